The Bertz CT molecular complexity index is 1090. The second-order valence-corrected chi connectivity index (χ2v) is 9.63. The predicted octanol–water partition coefficient (Wildman–Crippen LogP) is 4.38. The van der Waals surface area contributed by atoms with Crippen molar-refractivity contribution >= 4 is 17.4 Å². The van der Waals surface area contributed by atoms with Crippen LogP contribution in [0.25, 0.3) is 5.76 Å². The zero-order valence-corrected chi connectivity index (χ0v) is 19.7. The van der Waals surface area contributed by atoms with Gasteiger partial charge in [0.1, 0.15) is 11.5 Å². The number of likely N-dealkylation sites (tertiary alicyclic amines) is 1. The molecule has 6 heteroatoms. The molecule has 0 saturated carbocycles. The number of methoxy groups -OCH3 is 1. The summed E-state index contributed by atoms with van der Waals surface area (Å²) in [5.74, 6) is -0.614. The Labute approximate surface area is 194 Å². The molecule has 174 valence electrons. The number of carbonyl (C=O) groups excluding carboxylic acids is 2. The van der Waals surface area contributed by atoms with E-state index in [0.717, 1.165) is 28.9 Å². The number of rotatable bonds is 6. The number of ketones is 1. The van der Waals surface area contributed by atoms with Gasteiger partial charge in [0.2, 0.25) is 0 Å². The van der Waals surface area contributed by atoms with E-state index >= 15 is 0 Å². The molecule has 4 rings (SSSR count). The molecule has 2 aliphatic heterocycles. The van der Waals surface area contributed by atoms with Gasteiger partial charge in [-0.1, -0.05) is 45.0 Å². The number of aliphatic hydroxyl groups excluding tert-OH is 1. The number of ether oxygens (including phenoxy) is 2. The van der Waals surface area contributed by atoms with Gasteiger partial charge >= 0.3 is 0 Å². The van der Waals surface area contributed by atoms with E-state index in [1.807, 2.05) is 30.3 Å². The maximum absolute atomic E-state index is 13.1. The third-order valence-corrected chi connectivity index (χ3v) is 6.34. The fourth-order valence-corrected chi connectivity index (χ4v) is 4.49. The normalized spacial score (nSPS) is 19.6. The first-order chi connectivity index (χ1) is 15.7. The zero-order chi connectivity index (χ0) is 23.8. The van der Waals surface area contributed by atoms with Crippen LogP contribution in [0.2, 0.25) is 0 Å². The summed E-state index contributed by atoms with van der Waals surface area (Å²) in [5, 5.41) is 11.3. The van der Waals surface area contributed by atoms with E-state index in [1.165, 1.54) is 0 Å². The van der Waals surface area contributed by atoms with Gasteiger partial charge in [-0.25, -0.2) is 0 Å². The summed E-state index contributed by atoms with van der Waals surface area (Å²) in [4.78, 5) is 27.7. The first-order valence-electron chi connectivity index (χ1n) is 11.4. The molecule has 0 aromatic heterocycles. The van der Waals surface area contributed by atoms with Crippen LogP contribution in [0.4, 0.5) is 0 Å². The van der Waals surface area contributed by atoms with Gasteiger partial charge in [0.25, 0.3) is 11.7 Å². The summed E-state index contributed by atoms with van der Waals surface area (Å²) in [7, 11) is 1.61. The van der Waals surface area contributed by atoms with Crippen molar-refractivity contribution in [1.29, 1.82) is 0 Å². The molecule has 6 nitrogen and oxygen atoms in total. The Kier molecular flexibility index (Phi) is 6.30. The first-order valence-corrected chi connectivity index (χ1v) is 11.4. The van der Waals surface area contributed by atoms with E-state index in [9.17, 15) is 14.7 Å². The molecule has 2 aromatic carbocycles. The summed E-state index contributed by atoms with van der Waals surface area (Å²) in [6, 6.07) is 12.7. The highest BCUT2D eigenvalue weighted by atomic mass is 16.5. The van der Waals surface area contributed by atoms with Crippen molar-refractivity contribution in [3.63, 3.8) is 0 Å². The molecule has 0 radical (unpaired) electrons. The predicted molar refractivity (Wildman–Crippen MR) is 126 cm³/mol. The number of amides is 1. The molecule has 2 aromatic rings. The quantitative estimate of drug-likeness (QED) is 0.307. The van der Waals surface area contributed by atoms with E-state index in [-0.39, 0.29) is 16.7 Å². The summed E-state index contributed by atoms with van der Waals surface area (Å²) in [6.07, 6.45) is 1.34. The summed E-state index contributed by atoms with van der Waals surface area (Å²) >= 11 is 0. The lowest BCUT2D eigenvalue weighted by Crippen LogP contribution is -2.31. The van der Waals surface area contributed by atoms with Gasteiger partial charge in [-0.3, -0.25) is 9.59 Å². The highest BCUT2D eigenvalue weighted by Gasteiger charge is 2.45. The van der Waals surface area contributed by atoms with Crippen molar-refractivity contribution in [1.82, 2.24) is 4.90 Å². The highest BCUT2D eigenvalue weighted by Crippen LogP contribution is 2.40. The van der Waals surface area contributed by atoms with E-state index in [4.69, 9.17) is 9.47 Å². The van der Waals surface area contributed by atoms with Gasteiger partial charge in [-0.2, -0.15) is 0 Å². The highest BCUT2D eigenvalue weighted by molar-refractivity contribution is 6.46. The Morgan fingerprint density at radius 1 is 1.15 bits per heavy atom. The van der Waals surface area contributed by atoms with E-state index in [0.29, 0.717) is 31.7 Å². The van der Waals surface area contributed by atoms with Gasteiger partial charge in [0.15, 0.2) is 0 Å². The number of carbonyl (C=O) groups is 2. The van der Waals surface area contributed by atoms with Crippen molar-refractivity contribution in [2.24, 2.45) is 0 Å². The number of nitrogens with zero attached hydrogens (tertiary/aromatic N) is 1. The maximum Gasteiger partial charge on any atom is 0.295 e. The van der Waals surface area contributed by atoms with Gasteiger partial charge in [0.05, 0.1) is 18.2 Å². The number of fused-ring (bicyclic) bond motifs is 1. The first kappa shape index (κ1) is 23.1. The van der Waals surface area contributed by atoms with Crippen LogP contribution in [-0.4, -0.2) is 48.6 Å². The summed E-state index contributed by atoms with van der Waals surface area (Å²) < 4.78 is 10.7. The number of benzene rings is 2. The fraction of sp³-hybridized carbons (Fsp3) is 0.407. The van der Waals surface area contributed by atoms with Crippen molar-refractivity contribution in [2.45, 2.75) is 45.1 Å². The molecule has 1 saturated heterocycles. The fourth-order valence-electron chi connectivity index (χ4n) is 4.49. The van der Waals surface area contributed by atoms with Crippen molar-refractivity contribution in [2.75, 3.05) is 26.9 Å². The van der Waals surface area contributed by atoms with Gasteiger partial charge < -0.3 is 19.5 Å². The molecule has 2 aliphatic rings. The maximum atomic E-state index is 13.1. The molecule has 0 bridgehead atoms. The van der Waals surface area contributed by atoms with Crippen LogP contribution >= 0.6 is 0 Å². The molecule has 1 fully saturated rings. The average molecular weight is 450 g/mol. The van der Waals surface area contributed by atoms with Crippen LogP contribution in [-0.2, 0) is 26.2 Å². The third kappa shape index (κ3) is 4.40. The van der Waals surface area contributed by atoms with Crippen molar-refractivity contribution in [3.05, 3.63) is 70.3 Å². The molecule has 1 amide bonds. The molecular formula is C27H31NO5. The second-order valence-electron chi connectivity index (χ2n) is 9.63. The summed E-state index contributed by atoms with van der Waals surface area (Å²) in [5.41, 5.74) is 3.56. The Morgan fingerprint density at radius 3 is 2.55 bits per heavy atom. The van der Waals surface area contributed by atoms with E-state index in [1.54, 1.807) is 24.1 Å². The minimum Gasteiger partial charge on any atom is -0.507 e. The molecule has 1 N–H and O–H groups in total. The van der Waals surface area contributed by atoms with Crippen LogP contribution in [0.1, 0.15) is 55.5 Å². The smallest absolute Gasteiger partial charge is 0.295 e. The lowest BCUT2D eigenvalue weighted by atomic mass is 9.85. The van der Waals surface area contributed by atoms with Crippen LogP contribution < -0.4 is 4.74 Å². The average Bonchev–Trinajstić information content (AvgIpc) is 3.36. The van der Waals surface area contributed by atoms with Gasteiger partial charge in [-0.05, 0) is 46.7 Å². The van der Waals surface area contributed by atoms with Crippen LogP contribution in [0, 0.1) is 0 Å². The van der Waals surface area contributed by atoms with Gasteiger partial charge in [0, 0.05) is 32.2 Å². The molecule has 1 atom stereocenters. The lowest BCUT2D eigenvalue weighted by Gasteiger charge is -2.26. The minimum absolute atomic E-state index is 0.0225. The molecule has 0 spiro atoms. The largest absolute Gasteiger partial charge is 0.507 e. The Morgan fingerprint density at radius 2 is 1.88 bits per heavy atom. The van der Waals surface area contributed by atoms with E-state index in [2.05, 4.69) is 20.8 Å². The SMILES string of the molecule is COCCCN1C(=O)C(=O)/C(=C(\O)c2ccc3c(c2)CCO3)C1c1ccc(C(C)(C)C)cc1. The molecule has 1 unspecified atom stereocenters. The molecular weight excluding hydrogens is 418 g/mol. The van der Waals surface area contributed by atoms with Crippen molar-refractivity contribution in [3.8, 4) is 5.75 Å². The Balaban J connectivity index is 1.80. The van der Waals surface area contributed by atoms with Crippen LogP contribution in [0.15, 0.2) is 48.0 Å². The topological polar surface area (TPSA) is 76.1 Å². The number of hydrogen-bond donors (Lipinski definition) is 1. The lowest BCUT2D eigenvalue weighted by molar-refractivity contribution is -0.140. The minimum atomic E-state index is -0.661. The van der Waals surface area contributed by atoms with Gasteiger partial charge in [-0.15, -0.1) is 0 Å². The van der Waals surface area contributed by atoms with E-state index < -0.39 is 17.7 Å². The number of Topliss-reactive ketones (excluding diaryl/α,β-unsaturated/α-hetero) is 1. The molecule has 0 aliphatic carbocycles. The standard InChI is InChI=1S/C27H31NO5/c1-27(2,3)20-9-6-17(7-10-20)23-22(25(30)26(31)28(23)13-5-14-32-4)24(29)19-8-11-21-18(16-19)12-15-33-21/h6-11,16,23,29H,5,12-15H2,1-4H3/b24-22-. The Hall–Kier alpha value is -3.12. The second kappa shape index (κ2) is 9.02. The third-order valence-electron chi connectivity index (χ3n) is 6.34. The van der Waals surface area contributed by atoms with Crippen LogP contribution in [0.3, 0.4) is 0 Å². The molecule has 2 heterocycles. The number of hydrogen-bond acceptors (Lipinski definition) is 5. The molecule has 33 heavy (non-hydrogen) atoms. The van der Waals surface area contributed by atoms with Crippen LogP contribution in [0.5, 0.6) is 5.75 Å². The number of aliphatic hydroxyl groups is 1. The monoisotopic (exact) mass is 449 g/mol. The summed E-state index contributed by atoms with van der Waals surface area (Å²) in [6.45, 7) is 7.84. The zero-order valence-electron chi connectivity index (χ0n) is 19.7. The van der Waals surface area contributed by atoms with Crippen molar-refractivity contribution < 1.29 is 24.2 Å².